The maximum Gasteiger partial charge on any atom is 0.308 e. The van der Waals surface area contributed by atoms with Crippen LogP contribution in [0.15, 0.2) is 24.3 Å². The first-order valence-corrected chi connectivity index (χ1v) is 8.57. The van der Waals surface area contributed by atoms with Gasteiger partial charge in [0, 0.05) is 41.7 Å². The molecule has 25 heavy (non-hydrogen) atoms. The minimum atomic E-state index is -0.358. The van der Waals surface area contributed by atoms with E-state index in [2.05, 4.69) is 0 Å². The minimum absolute atomic E-state index is 0.127. The molecule has 2 aliphatic rings. The van der Waals surface area contributed by atoms with Gasteiger partial charge in [0.1, 0.15) is 11.5 Å². The first-order chi connectivity index (χ1) is 12.0. The minimum Gasteiger partial charge on any atom is -0.426 e. The molecule has 3 atom stereocenters. The van der Waals surface area contributed by atoms with Crippen LogP contribution in [0.5, 0.6) is 11.5 Å². The highest BCUT2D eigenvalue weighted by Gasteiger charge is 2.47. The van der Waals surface area contributed by atoms with Crippen molar-refractivity contribution >= 4 is 22.7 Å². The Kier molecular flexibility index (Phi) is 3.76. The largest absolute Gasteiger partial charge is 0.426 e. The van der Waals surface area contributed by atoms with Crippen molar-refractivity contribution in [1.29, 1.82) is 0 Å². The summed E-state index contributed by atoms with van der Waals surface area (Å²) in [7, 11) is 0. The van der Waals surface area contributed by atoms with Crippen LogP contribution in [0.3, 0.4) is 0 Å². The Morgan fingerprint density at radius 3 is 2.16 bits per heavy atom. The zero-order chi connectivity index (χ0) is 17.7. The maximum atomic E-state index is 11.7. The van der Waals surface area contributed by atoms with Gasteiger partial charge in [0.05, 0.1) is 12.2 Å². The molecule has 0 aromatic heterocycles. The molecule has 0 bridgehead atoms. The lowest BCUT2D eigenvalue weighted by Crippen LogP contribution is -2.12. The van der Waals surface area contributed by atoms with E-state index in [1.807, 2.05) is 31.2 Å². The molecular weight excluding hydrogens is 320 g/mol. The van der Waals surface area contributed by atoms with E-state index in [4.69, 9.17) is 14.2 Å². The number of esters is 2. The average molecular weight is 340 g/mol. The number of carbonyl (C=O) groups excluding carboxylic acids is 2. The highest BCUT2D eigenvalue weighted by molar-refractivity contribution is 5.99. The van der Waals surface area contributed by atoms with Crippen LogP contribution in [0.4, 0.5) is 0 Å². The summed E-state index contributed by atoms with van der Waals surface area (Å²) in [5, 5.41) is 1.58. The summed E-state index contributed by atoms with van der Waals surface area (Å²) in [4.78, 5) is 23.4. The van der Waals surface area contributed by atoms with Gasteiger partial charge in [0.25, 0.3) is 0 Å². The van der Waals surface area contributed by atoms with Gasteiger partial charge in [-0.25, -0.2) is 0 Å². The van der Waals surface area contributed by atoms with E-state index in [0.717, 1.165) is 34.7 Å². The van der Waals surface area contributed by atoms with Crippen molar-refractivity contribution in [3.05, 3.63) is 35.4 Å². The van der Waals surface area contributed by atoms with E-state index in [1.54, 1.807) is 0 Å². The fourth-order valence-corrected chi connectivity index (χ4v) is 4.00. The number of hydrogen-bond donors (Lipinski definition) is 0. The lowest BCUT2D eigenvalue weighted by Gasteiger charge is -2.19. The smallest absolute Gasteiger partial charge is 0.308 e. The van der Waals surface area contributed by atoms with Gasteiger partial charge in [-0.15, -0.1) is 0 Å². The van der Waals surface area contributed by atoms with E-state index in [0.29, 0.717) is 11.5 Å². The molecule has 5 nitrogen and oxygen atoms in total. The second-order valence-electron chi connectivity index (χ2n) is 6.73. The molecule has 2 aromatic carbocycles. The van der Waals surface area contributed by atoms with Crippen molar-refractivity contribution in [1.82, 2.24) is 0 Å². The standard InChI is InChI=1S/C20H20O5/c1-10-18(23-10)15-8-9-16-17(15)20(25-12(3)22)14-7-5-4-6-13(14)19(16)24-11(2)21/h4-7,10,15,18H,8-9H2,1-3H3/t10?,15-,18?/m1/s1. The molecule has 0 radical (unpaired) electrons. The zero-order valence-electron chi connectivity index (χ0n) is 14.5. The quantitative estimate of drug-likeness (QED) is 0.486. The molecule has 0 amide bonds. The van der Waals surface area contributed by atoms with Gasteiger partial charge in [-0.1, -0.05) is 24.3 Å². The van der Waals surface area contributed by atoms with Crippen LogP contribution < -0.4 is 9.47 Å². The molecule has 1 aliphatic heterocycles. The average Bonchev–Trinajstić information content (AvgIpc) is 3.12. The second-order valence-corrected chi connectivity index (χ2v) is 6.73. The van der Waals surface area contributed by atoms with Gasteiger partial charge in [-0.05, 0) is 19.8 Å². The van der Waals surface area contributed by atoms with E-state index < -0.39 is 0 Å². The van der Waals surface area contributed by atoms with Crippen LogP contribution in [0.2, 0.25) is 0 Å². The first-order valence-electron chi connectivity index (χ1n) is 8.57. The predicted molar refractivity (Wildman–Crippen MR) is 92.0 cm³/mol. The number of rotatable bonds is 3. The van der Waals surface area contributed by atoms with Crippen LogP contribution >= 0.6 is 0 Å². The molecule has 5 heteroatoms. The van der Waals surface area contributed by atoms with Crippen molar-refractivity contribution in [2.45, 2.75) is 51.7 Å². The van der Waals surface area contributed by atoms with Crippen molar-refractivity contribution in [2.24, 2.45) is 0 Å². The van der Waals surface area contributed by atoms with Gasteiger partial charge in [0.15, 0.2) is 0 Å². The molecule has 2 unspecified atom stereocenters. The zero-order valence-corrected chi connectivity index (χ0v) is 14.5. The summed E-state index contributed by atoms with van der Waals surface area (Å²) >= 11 is 0. The molecular formula is C20H20O5. The van der Waals surface area contributed by atoms with Gasteiger partial charge in [0.2, 0.25) is 0 Å². The highest BCUT2D eigenvalue weighted by Crippen LogP contribution is 2.53. The van der Waals surface area contributed by atoms with E-state index in [9.17, 15) is 9.59 Å². The summed E-state index contributed by atoms with van der Waals surface area (Å²) in [6.45, 7) is 4.85. The molecule has 0 spiro atoms. The Bertz CT molecular complexity index is 885. The van der Waals surface area contributed by atoms with Crippen LogP contribution in [0.25, 0.3) is 10.8 Å². The van der Waals surface area contributed by atoms with Gasteiger partial charge in [-0.3, -0.25) is 9.59 Å². The van der Waals surface area contributed by atoms with Crippen LogP contribution in [0, 0.1) is 0 Å². The molecule has 2 aromatic rings. The molecule has 1 heterocycles. The topological polar surface area (TPSA) is 65.1 Å². The van der Waals surface area contributed by atoms with Crippen LogP contribution in [0.1, 0.15) is 44.2 Å². The lowest BCUT2D eigenvalue weighted by atomic mass is 9.92. The number of carbonyl (C=O) groups is 2. The molecule has 0 N–H and O–H groups in total. The van der Waals surface area contributed by atoms with Crippen molar-refractivity contribution in [2.75, 3.05) is 0 Å². The number of benzene rings is 2. The molecule has 1 saturated heterocycles. The van der Waals surface area contributed by atoms with Crippen LogP contribution in [-0.2, 0) is 20.7 Å². The lowest BCUT2D eigenvalue weighted by molar-refractivity contribution is -0.133. The second kappa shape index (κ2) is 5.85. The highest BCUT2D eigenvalue weighted by atomic mass is 16.6. The first kappa shape index (κ1) is 16.1. The summed E-state index contributed by atoms with van der Waals surface area (Å²) in [5.41, 5.74) is 1.91. The Morgan fingerprint density at radius 1 is 1.04 bits per heavy atom. The third kappa shape index (κ3) is 2.68. The Hall–Kier alpha value is -2.40. The predicted octanol–water partition coefficient (Wildman–Crippen LogP) is 3.51. The Morgan fingerprint density at radius 2 is 1.60 bits per heavy atom. The summed E-state index contributed by atoms with van der Waals surface area (Å²) in [5.74, 6) is 0.609. The van der Waals surface area contributed by atoms with Gasteiger partial charge >= 0.3 is 11.9 Å². The van der Waals surface area contributed by atoms with E-state index in [1.165, 1.54) is 13.8 Å². The third-order valence-corrected chi connectivity index (χ3v) is 4.98. The molecule has 1 fully saturated rings. The van der Waals surface area contributed by atoms with Crippen molar-refractivity contribution in [3.63, 3.8) is 0 Å². The fraction of sp³-hybridized carbons (Fsp3) is 0.400. The monoisotopic (exact) mass is 340 g/mol. The van der Waals surface area contributed by atoms with Crippen molar-refractivity contribution < 1.29 is 23.8 Å². The van der Waals surface area contributed by atoms with E-state index in [-0.39, 0.29) is 30.1 Å². The number of hydrogen-bond acceptors (Lipinski definition) is 5. The Labute approximate surface area is 145 Å². The number of epoxide rings is 1. The van der Waals surface area contributed by atoms with Crippen molar-refractivity contribution in [3.8, 4) is 11.5 Å². The van der Waals surface area contributed by atoms with E-state index >= 15 is 0 Å². The Balaban J connectivity index is 2.00. The summed E-state index contributed by atoms with van der Waals surface area (Å²) in [6.07, 6.45) is 1.99. The van der Waals surface area contributed by atoms with Gasteiger partial charge < -0.3 is 14.2 Å². The normalized spacial score (nSPS) is 24.0. The number of fused-ring (bicyclic) bond motifs is 2. The number of ether oxygens (including phenoxy) is 3. The summed E-state index contributed by atoms with van der Waals surface area (Å²) < 4.78 is 16.9. The third-order valence-electron chi connectivity index (χ3n) is 4.98. The molecule has 0 saturated carbocycles. The molecule has 4 rings (SSSR count). The molecule has 1 aliphatic carbocycles. The SMILES string of the molecule is CC(=O)Oc1c2c(c(OC(C)=O)c3ccccc13)[C@H](C1OC1C)CC2. The summed E-state index contributed by atoms with van der Waals surface area (Å²) in [6, 6.07) is 7.56. The fourth-order valence-electron chi connectivity index (χ4n) is 4.00. The molecule has 130 valence electrons. The van der Waals surface area contributed by atoms with Gasteiger partial charge in [-0.2, -0.15) is 0 Å². The van der Waals surface area contributed by atoms with Crippen LogP contribution in [-0.4, -0.2) is 24.1 Å². The maximum absolute atomic E-state index is 11.7.